The van der Waals surface area contributed by atoms with E-state index in [2.05, 4.69) is 26.6 Å². The molecule has 52 heavy (non-hydrogen) atoms. The highest BCUT2D eigenvalue weighted by atomic mass is 16.6. The van der Waals surface area contributed by atoms with Crippen LogP contribution in [0, 0.1) is 12.8 Å². The Labute approximate surface area is 299 Å². The molecule has 6 amide bonds. The van der Waals surface area contributed by atoms with E-state index in [4.69, 9.17) is 19.6 Å². The minimum atomic E-state index is -1.04. The molecule has 0 saturated carbocycles. The van der Waals surface area contributed by atoms with E-state index >= 15 is 0 Å². The fourth-order valence-electron chi connectivity index (χ4n) is 5.09. The molecule has 15 nitrogen and oxygen atoms in total. The Morgan fingerprint density at radius 1 is 0.769 bits per heavy atom. The van der Waals surface area contributed by atoms with Crippen LogP contribution in [0.3, 0.4) is 0 Å². The Hall–Kier alpha value is -6.38. The Bertz CT molecular complexity index is 1930. The van der Waals surface area contributed by atoms with Crippen LogP contribution < -0.4 is 37.9 Å². The molecule has 7 N–H and O–H groups in total. The maximum absolute atomic E-state index is 13.4. The van der Waals surface area contributed by atoms with Crippen LogP contribution >= 0.6 is 0 Å². The van der Waals surface area contributed by atoms with Gasteiger partial charge in [-0.3, -0.25) is 14.9 Å². The van der Waals surface area contributed by atoms with Crippen molar-refractivity contribution < 1.29 is 37.9 Å². The van der Waals surface area contributed by atoms with Crippen LogP contribution in [0.25, 0.3) is 11.0 Å². The number of carbonyl (C=O) groups excluding carboxylic acids is 5. The maximum atomic E-state index is 13.4. The van der Waals surface area contributed by atoms with Gasteiger partial charge in [-0.15, -0.1) is 0 Å². The predicted octanol–water partition coefficient (Wildman–Crippen LogP) is 4.67. The van der Waals surface area contributed by atoms with Crippen LogP contribution in [0.5, 0.6) is 0 Å². The molecule has 0 bridgehead atoms. The number of benzene rings is 3. The first-order valence-corrected chi connectivity index (χ1v) is 16.6. The predicted molar refractivity (Wildman–Crippen MR) is 193 cm³/mol. The number of hydrogen-bond donors (Lipinski definition) is 6. The number of nitrogens with two attached hydrogens (primary N) is 1. The third kappa shape index (κ3) is 11.9. The molecule has 1 heterocycles. The van der Waals surface area contributed by atoms with Crippen molar-refractivity contribution in [1.82, 2.24) is 16.0 Å². The fourth-order valence-corrected chi connectivity index (χ4v) is 5.09. The lowest BCUT2D eigenvalue weighted by molar-refractivity contribution is -0.128. The molecule has 0 spiro atoms. The number of carbonyl (C=O) groups is 5. The van der Waals surface area contributed by atoms with Gasteiger partial charge in [-0.1, -0.05) is 56.3 Å². The number of amides is 6. The summed E-state index contributed by atoms with van der Waals surface area (Å²) in [7, 11) is 0. The van der Waals surface area contributed by atoms with Crippen molar-refractivity contribution in [2.45, 2.75) is 58.9 Å². The molecule has 0 fully saturated rings. The molecule has 1 aromatic heterocycles. The lowest BCUT2D eigenvalue weighted by Crippen LogP contribution is -2.54. The standard InChI is InChI=1S/C37H42N6O9/c1-22(2)32(43-37(49)51-20-24-8-5-4-6-9-24)34(46)42-29(10-7-17-39-35(38)47)33(45)40-26-13-11-25(12-14-26)21-50-36(48)41-27-15-16-28-23(3)18-31(44)52-30(28)19-27/h4-6,8-9,11-16,18-19,22,29,32H,7,10,17,20-21H2,1-3H3,(H,40,45)(H,41,48)(H,42,46)(H,43,49)(H3,38,39,47)/t29-,32?/m0/s1. The van der Waals surface area contributed by atoms with E-state index in [1.54, 1.807) is 69.3 Å². The topological polar surface area (TPSA) is 220 Å². The van der Waals surface area contributed by atoms with E-state index in [0.29, 0.717) is 28.9 Å². The molecular formula is C37H42N6O9. The summed E-state index contributed by atoms with van der Waals surface area (Å²) in [5, 5.41) is 13.9. The van der Waals surface area contributed by atoms with E-state index in [-0.39, 0.29) is 32.1 Å². The molecule has 4 aromatic rings. The minimum Gasteiger partial charge on any atom is -0.445 e. The largest absolute Gasteiger partial charge is 0.445 e. The van der Waals surface area contributed by atoms with Crippen molar-refractivity contribution in [3.8, 4) is 0 Å². The molecule has 0 radical (unpaired) electrons. The number of primary amides is 1. The summed E-state index contributed by atoms with van der Waals surface area (Å²) in [6.45, 7) is 5.39. The van der Waals surface area contributed by atoms with Crippen LogP contribution in [0.1, 0.15) is 43.4 Å². The van der Waals surface area contributed by atoms with Crippen molar-refractivity contribution >= 4 is 52.4 Å². The quantitative estimate of drug-likeness (QED) is 0.0743. The summed E-state index contributed by atoms with van der Waals surface area (Å²) >= 11 is 0. The first kappa shape index (κ1) is 38.4. The highest BCUT2D eigenvalue weighted by Gasteiger charge is 2.29. The van der Waals surface area contributed by atoms with Gasteiger partial charge in [0.2, 0.25) is 11.8 Å². The van der Waals surface area contributed by atoms with Gasteiger partial charge in [-0.2, -0.15) is 0 Å². The maximum Gasteiger partial charge on any atom is 0.411 e. The van der Waals surface area contributed by atoms with Crippen LogP contribution in [0.4, 0.5) is 25.8 Å². The molecule has 15 heteroatoms. The van der Waals surface area contributed by atoms with Gasteiger partial charge in [0.1, 0.15) is 30.9 Å². The number of anilines is 2. The molecule has 0 aliphatic heterocycles. The Kier molecular flexibility index (Phi) is 13.7. The average molecular weight is 715 g/mol. The number of aryl methyl sites for hydroxylation is 1. The highest BCUT2D eigenvalue weighted by molar-refractivity contribution is 5.98. The van der Waals surface area contributed by atoms with Gasteiger partial charge >= 0.3 is 23.8 Å². The number of ether oxygens (including phenoxy) is 2. The summed E-state index contributed by atoms with van der Waals surface area (Å²) in [4.78, 5) is 74.6. The summed E-state index contributed by atoms with van der Waals surface area (Å²) in [5.74, 6) is -1.48. The summed E-state index contributed by atoms with van der Waals surface area (Å²) in [5.41, 5.74) is 7.94. The molecule has 2 atom stereocenters. The second kappa shape index (κ2) is 18.6. The summed E-state index contributed by atoms with van der Waals surface area (Å²) in [6, 6.07) is 19.1. The Balaban J connectivity index is 1.32. The van der Waals surface area contributed by atoms with E-state index in [1.165, 1.54) is 12.1 Å². The Morgan fingerprint density at radius 2 is 1.42 bits per heavy atom. The van der Waals surface area contributed by atoms with Gasteiger partial charge < -0.3 is 40.9 Å². The summed E-state index contributed by atoms with van der Waals surface area (Å²) < 4.78 is 15.8. The molecule has 0 saturated heterocycles. The van der Waals surface area contributed by atoms with Crippen LogP contribution in [-0.4, -0.2) is 48.7 Å². The first-order valence-electron chi connectivity index (χ1n) is 16.6. The highest BCUT2D eigenvalue weighted by Crippen LogP contribution is 2.21. The molecule has 274 valence electrons. The zero-order valence-corrected chi connectivity index (χ0v) is 29.0. The molecular weight excluding hydrogens is 672 g/mol. The van der Waals surface area contributed by atoms with Crippen molar-refractivity contribution in [2.75, 3.05) is 17.2 Å². The van der Waals surface area contributed by atoms with Gasteiger partial charge in [0, 0.05) is 35.4 Å². The van der Waals surface area contributed by atoms with Crippen molar-refractivity contribution in [3.05, 3.63) is 106 Å². The zero-order valence-electron chi connectivity index (χ0n) is 29.0. The van der Waals surface area contributed by atoms with Crippen molar-refractivity contribution in [3.63, 3.8) is 0 Å². The van der Waals surface area contributed by atoms with Crippen LogP contribution in [0.2, 0.25) is 0 Å². The number of urea groups is 1. The third-order valence-electron chi connectivity index (χ3n) is 7.83. The number of rotatable bonds is 15. The molecule has 1 unspecified atom stereocenters. The first-order chi connectivity index (χ1) is 24.9. The minimum absolute atomic E-state index is 0.0160. The fraction of sp³-hybridized carbons (Fsp3) is 0.297. The van der Waals surface area contributed by atoms with E-state index in [1.807, 2.05) is 18.2 Å². The van der Waals surface area contributed by atoms with E-state index < -0.39 is 47.7 Å². The van der Waals surface area contributed by atoms with E-state index in [0.717, 1.165) is 16.5 Å². The monoisotopic (exact) mass is 714 g/mol. The molecule has 4 rings (SSSR count). The van der Waals surface area contributed by atoms with Gasteiger partial charge in [0.05, 0.1) is 0 Å². The SMILES string of the molecule is Cc1cc(=O)oc2cc(NC(=O)OCc3ccc(NC(=O)[C@H](CCCNC(N)=O)NC(=O)C(NC(=O)OCc4ccccc4)C(C)C)cc3)ccc12. The lowest BCUT2D eigenvalue weighted by atomic mass is 10.0. The number of fused-ring (bicyclic) bond motifs is 1. The average Bonchev–Trinajstić information content (AvgIpc) is 3.10. The summed E-state index contributed by atoms with van der Waals surface area (Å²) in [6.07, 6.45) is -1.06. The number of nitrogens with one attached hydrogen (secondary N) is 5. The molecule has 0 aliphatic rings. The number of hydrogen-bond acceptors (Lipinski definition) is 9. The van der Waals surface area contributed by atoms with Gasteiger partial charge in [-0.05, 0) is 66.6 Å². The van der Waals surface area contributed by atoms with Gasteiger partial charge in [0.25, 0.3) is 0 Å². The second-order valence-electron chi connectivity index (χ2n) is 12.3. The smallest absolute Gasteiger partial charge is 0.411 e. The van der Waals surface area contributed by atoms with Crippen molar-refractivity contribution in [1.29, 1.82) is 0 Å². The van der Waals surface area contributed by atoms with Gasteiger partial charge in [-0.25, -0.2) is 19.2 Å². The van der Waals surface area contributed by atoms with Crippen LogP contribution in [-0.2, 0) is 32.3 Å². The number of alkyl carbamates (subject to hydrolysis) is 1. The van der Waals surface area contributed by atoms with Crippen molar-refractivity contribution in [2.24, 2.45) is 11.7 Å². The van der Waals surface area contributed by atoms with E-state index in [9.17, 15) is 28.8 Å². The zero-order chi connectivity index (χ0) is 37.6. The van der Waals surface area contributed by atoms with Crippen LogP contribution in [0.15, 0.2) is 88.1 Å². The molecule has 0 aliphatic carbocycles. The second-order valence-corrected chi connectivity index (χ2v) is 12.3. The lowest BCUT2D eigenvalue weighted by Gasteiger charge is -2.25. The van der Waals surface area contributed by atoms with Gasteiger partial charge in [0.15, 0.2) is 0 Å². The molecule has 3 aromatic carbocycles. The third-order valence-corrected chi connectivity index (χ3v) is 7.83. The normalized spacial score (nSPS) is 11.9. The Morgan fingerprint density at radius 3 is 2.10 bits per heavy atom.